The van der Waals surface area contributed by atoms with Gasteiger partial charge in [0, 0.05) is 53.2 Å². The Morgan fingerprint density at radius 3 is 2.72 bits per heavy atom. The maximum absolute atomic E-state index is 13.7. The summed E-state index contributed by atoms with van der Waals surface area (Å²) in [6.45, 7) is 3.04. The van der Waals surface area contributed by atoms with Crippen molar-refractivity contribution in [3.63, 3.8) is 0 Å². The molecule has 1 aromatic heterocycles. The van der Waals surface area contributed by atoms with Gasteiger partial charge < -0.3 is 30.1 Å². The summed E-state index contributed by atoms with van der Waals surface area (Å²) in [5.41, 5.74) is 8.15. The standard InChI is InChI=1S/C26H30N3O5S.Os/c1-14-22(25(31)34-16-7-9-33-10-8-16)24(21-13-28-26(27)35-21)23-18(29-14)11-15(12-19(23)30)17-5-3-4-6-20(17)32-2;/h3-6,13,16,18,23-24,29H,7-12H2,1-2H3,(H2,27,28);/q-1;+1. The second kappa shape index (κ2) is 11.3. The van der Waals surface area contributed by atoms with Gasteiger partial charge in [0.05, 0.1) is 25.9 Å². The van der Waals surface area contributed by atoms with Gasteiger partial charge in [0.2, 0.25) is 0 Å². The van der Waals surface area contributed by atoms with Crippen molar-refractivity contribution in [2.24, 2.45) is 5.92 Å². The topological polar surface area (TPSA) is 113 Å². The van der Waals surface area contributed by atoms with E-state index in [0.717, 1.165) is 27.8 Å². The Morgan fingerprint density at radius 2 is 2.03 bits per heavy atom. The zero-order valence-corrected chi connectivity index (χ0v) is 23.6. The van der Waals surface area contributed by atoms with E-state index >= 15 is 0 Å². The summed E-state index contributed by atoms with van der Waals surface area (Å²) in [6.07, 6.45) is 3.82. The smallest absolute Gasteiger partial charge is 0.554 e. The third kappa shape index (κ3) is 5.18. The largest absolute Gasteiger partial charge is 1.00 e. The molecule has 2 aromatic rings. The van der Waals surface area contributed by atoms with Crippen LogP contribution in [0.3, 0.4) is 0 Å². The number of fused-ring (bicyclic) bond motifs is 1. The first-order valence-electron chi connectivity index (χ1n) is 11.9. The first kappa shape index (κ1) is 26.7. The number of aromatic nitrogens is 1. The summed E-state index contributed by atoms with van der Waals surface area (Å²) in [5.74, 6) is 0.610. The number of carbonyl (C=O) groups is 2. The van der Waals surface area contributed by atoms with Crippen molar-refractivity contribution in [3.8, 4) is 5.75 Å². The average molecular weight is 687 g/mol. The van der Waals surface area contributed by atoms with Crippen LogP contribution in [0, 0.1) is 11.8 Å². The van der Waals surface area contributed by atoms with Crippen LogP contribution >= 0.6 is 11.3 Å². The van der Waals surface area contributed by atoms with E-state index < -0.39 is 11.8 Å². The zero-order chi connectivity index (χ0) is 24.5. The number of esters is 1. The molecule has 10 heteroatoms. The van der Waals surface area contributed by atoms with Crippen LogP contribution in [0.2, 0.25) is 0 Å². The number of benzene rings is 1. The minimum absolute atomic E-state index is 0. The number of nitrogen functional groups attached to an aromatic ring is 1. The van der Waals surface area contributed by atoms with Crippen molar-refractivity contribution >= 4 is 28.2 Å². The van der Waals surface area contributed by atoms with E-state index in [1.165, 1.54) is 11.3 Å². The van der Waals surface area contributed by atoms with Gasteiger partial charge in [-0.25, -0.2) is 9.78 Å². The van der Waals surface area contributed by atoms with E-state index in [-0.39, 0.29) is 43.7 Å². The fraction of sp³-hybridized carbons (Fsp3) is 0.462. The monoisotopic (exact) mass is 688 g/mol. The van der Waals surface area contributed by atoms with E-state index in [1.54, 1.807) is 13.3 Å². The molecule has 36 heavy (non-hydrogen) atoms. The van der Waals surface area contributed by atoms with Crippen LogP contribution in [0.25, 0.3) is 0 Å². The van der Waals surface area contributed by atoms with Crippen LogP contribution in [-0.2, 0) is 38.9 Å². The second-order valence-corrected chi connectivity index (χ2v) is 10.4. The summed E-state index contributed by atoms with van der Waals surface area (Å²) < 4.78 is 16.8. The Hall–Kier alpha value is -2.40. The van der Waals surface area contributed by atoms with E-state index in [1.807, 2.05) is 31.2 Å². The van der Waals surface area contributed by atoms with Gasteiger partial charge in [0.1, 0.15) is 11.9 Å². The number of carbonyl (C=O) groups excluding carboxylic acids is 2. The first-order chi connectivity index (χ1) is 17.0. The Morgan fingerprint density at radius 1 is 1.28 bits per heavy atom. The number of nitrogens with zero attached hydrogens (tertiary/aromatic N) is 1. The zero-order valence-electron chi connectivity index (χ0n) is 20.3. The molecule has 3 aliphatic rings. The van der Waals surface area contributed by atoms with E-state index in [4.69, 9.17) is 19.9 Å². The van der Waals surface area contributed by atoms with Gasteiger partial charge >= 0.3 is 25.8 Å². The van der Waals surface area contributed by atoms with Crippen LogP contribution in [0.15, 0.2) is 41.7 Å². The minimum atomic E-state index is -0.449. The molecule has 2 aliphatic heterocycles. The molecule has 8 nitrogen and oxygen atoms in total. The maximum Gasteiger partial charge on any atom is 1.00 e. The van der Waals surface area contributed by atoms with Crippen molar-refractivity contribution in [1.29, 1.82) is 0 Å². The van der Waals surface area contributed by atoms with Crippen LogP contribution in [-0.4, -0.2) is 49.2 Å². The SMILES string of the molecule is COc1ccccc1[C-]1CC(=O)C2C(C1)NC(C)=C(C(=O)OC1CCOCC1)C2c1cnc(N)s1.[Os+]. The van der Waals surface area contributed by atoms with Crippen molar-refractivity contribution in [2.75, 3.05) is 26.1 Å². The van der Waals surface area contributed by atoms with Gasteiger partial charge in [0.15, 0.2) is 5.13 Å². The molecule has 1 aromatic carbocycles. The van der Waals surface area contributed by atoms with Crippen LogP contribution < -0.4 is 15.8 Å². The third-order valence-electron chi connectivity index (χ3n) is 7.13. The molecule has 2 fully saturated rings. The number of allylic oxidation sites excluding steroid dienone is 1. The molecule has 193 valence electrons. The summed E-state index contributed by atoms with van der Waals surface area (Å²) in [7, 11) is 1.64. The number of hydrogen-bond donors (Lipinski definition) is 2. The number of ketones is 1. The number of Topliss-reactive ketones (excluding diaryl/α,β-unsaturated/α-hetero) is 1. The number of ether oxygens (including phenoxy) is 3. The van der Waals surface area contributed by atoms with Gasteiger partial charge in [-0.1, -0.05) is 18.6 Å². The average Bonchev–Trinajstić information content (AvgIpc) is 3.29. The Bertz CT molecular complexity index is 1150. The summed E-state index contributed by atoms with van der Waals surface area (Å²) in [6, 6.07) is 7.61. The molecule has 0 amide bonds. The molecule has 5 rings (SSSR count). The molecule has 1 saturated heterocycles. The van der Waals surface area contributed by atoms with Crippen molar-refractivity contribution in [2.45, 2.75) is 50.7 Å². The first-order valence-corrected chi connectivity index (χ1v) is 12.8. The Labute approximate surface area is 228 Å². The molecule has 0 bridgehead atoms. The predicted octanol–water partition coefficient (Wildman–Crippen LogP) is 3.38. The van der Waals surface area contributed by atoms with E-state index in [2.05, 4.69) is 10.3 Å². The molecule has 3 unspecified atom stereocenters. The number of methoxy groups -OCH3 is 1. The predicted molar refractivity (Wildman–Crippen MR) is 132 cm³/mol. The van der Waals surface area contributed by atoms with Crippen molar-refractivity contribution in [3.05, 3.63) is 58.1 Å². The molecule has 1 saturated carbocycles. The van der Waals surface area contributed by atoms with E-state index in [0.29, 0.717) is 49.6 Å². The normalized spacial score (nSPS) is 24.4. The quantitative estimate of drug-likeness (QED) is 0.364. The molecule has 3 N–H and O–H groups in total. The molecule has 0 spiro atoms. The van der Waals surface area contributed by atoms with Gasteiger partial charge in [0.25, 0.3) is 0 Å². The van der Waals surface area contributed by atoms with Crippen molar-refractivity contribution in [1.82, 2.24) is 10.3 Å². The summed E-state index contributed by atoms with van der Waals surface area (Å²) in [4.78, 5) is 32.2. The number of thiazole rings is 1. The van der Waals surface area contributed by atoms with Crippen LogP contribution in [0.5, 0.6) is 5.75 Å². The van der Waals surface area contributed by atoms with Gasteiger partial charge in [-0.3, -0.25) is 0 Å². The molecule has 1 aliphatic carbocycles. The number of anilines is 1. The number of nitrogens with two attached hydrogens (primary N) is 1. The third-order valence-corrected chi connectivity index (χ3v) is 8.04. The molecular formula is C26H30N3O5OsS. The van der Waals surface area contributed by atoms with Gasteiger partial charge in [-0.05, 0) is 13.3 Å². The minimum Gasteiger partial charge on any atom is -0.554 e. The summed E-state index contributed by atoms with van der Waals surface area (Å²) in [5, 5.41) is 3.90. The molecule has 3 heterocycles. The Balaban J connectivity index is 0.00000304. The summed E-state index contributed by atoms with van der Waals surface area (Å²) >= 11 is 1.32. The number of para-hydroxylation sites is 1. The van der Waals surface area contributed by atoms with Crippen LogP contribution in [0.1, 0.15) is 49.0 Å². The van der Waals surface area contributed by atoms with Crippen molar-refractivity contribution < 1.29 is 43.6 Å². The van der Waals surface area contributed by atoms with Gasteiger partial charge in [-0.2, -0.15) is 12.0 Å². The molecule has 3 atom stereocenters. The fourth-order valence-electron chi connectivity index (χ4n) is 5.54. The van der Waals surface area contributed by atoms with E-state index in [9.17, 15) is 9.59 Å². The molecule has 1 radical (unpaired) electrons. The number of hydrogen-bond acceptors (Lipinski definition) is 9. The Kier molecular flexibility index (Phi) is 8.39. The molecular weight excluding hydrogens is 657 g/mol. The fourth-order valence-corrected chi connectivity index (χ4v) is 6.38. The van der Waals surface area contributed by atoms with Gasteiger partial charge in [-0.15, -0.1) is 23.0 Å². The second-order valence-electron chi connectivity index (χ2n) is 9.26. The number of rotatable bonds is 5. The van der Waals surface area contributed by atoms with Crippen LogP contribution in [0.4, 0.5) is 5.13 Å². The number of nitrogens with one attached hydrogen (secondary N) is 1. The maximum atomic E-state index is 13.7.